The molecule has 0 saturated heterocycles. The first-order valence-electron chi connectivity index (χ1n) is 5.40. The maximum absolute atomic E-state index is 11.4. The fourth-order valence-electron chi connectivity index (χ4n) is 1.51. The van der Waals surface area contributed by atoms with E-state index in [4.69, 9.17) is 17.3 Å². The van der Waals surface area contributed by atoms with Gasteiger partial charge in [0.15, 0.2) is 9.84 Å². The highest BCUT2D eigenvalue weighted by atomic mass is 35.5. The van der Waals surface area contributed by atoms with Gasteiger partial charge in [-0.3, -0.25) is 0 Å². The van der Waals surface area contributed by atoms with Gasteiger partial charge >= 0.3 is 0 Å². The lowest BCUT2D eigenvalue weighted by atomic mass is 10.3. The molecule has 0 unspecified atom stereocenters. The highest BCUT2D eigenvalue weighted by molar-refractivity contribution is 7.99. The van der Waals surface area contributed by atoms with Crippen LogP contribution in [-0.2, 0) is 9.84 Å². The summed E-state index contributed by atoms with van der Waals surface area (Å²) in [4.78, 5) is 1.95. The summed E-state index contributed by atoms with van der Waals surface area (Å²) in [5, 5.41) is 0.581. The number of sulfone groups is 1. The Balaban J connectivity index is 2.30. The first-order valence-corrected chi connectivity index (χ1v) is 8.48. The summed E-state index contributed by atoms with van der Waals surface area (Å²) in [6.45, 7) is 0. The predicted molar refractivity (Wildman–Crippen MR) is 79.5 cm³/mol. The molecular weight excluding hydrogens is 302 g/mol. The average Bonchev–Trinajstić information content (AvgIpc) is 2.33. The minimum Gasteiger partial charge on any atom is -0.398 e. The van der Waals surface area contributed by atoms with E-state index < -0.39 is 9.84 Å². The maximum atomic E-state index is 11.4. The van der Waals surface area contributed by atoms with Crippen LogP contribution in [0.4, 0.5) is 5.69 Å². The molecule has 6 heteroatoms. The first-order chi connectivity index (χ1) is 8.88. The Hall–Kier alpha value is -1.17. The molecule has 0 aliphatic rings. The van der Waals surface area contributed by atoms with E-state index in [9.17, 15) is 8.42 Å². The Labute approximate surface area is 121 Å². The zero-order valence-corrected chi connectivity index (χ0v) is 12.5. The molecule has 0 atom stereocenters. The van der Waals surface area contributed by atoms with Gasteiger partial charge in [0.1, 0.15) is 0 Å². The molecule has 2 aromatic rings. The molecule has 0 radical (unpaired) electrons. The molecule has 0 heterocycles. The van der Waals surface area contributed by atoms with E-state index in [1.54, 1.807) is 42.5 Å². The first kappa shape index (κ1) is 14.2. The van der Waals surface area contributed by atoms with Crippen molar-refractivity contribution in [3.05, 3.63) is 47.5 Å². The quantitative estimate of drug-likeness (QED) is 0.881. The van der Waals surface area contributed by atoms with Crippen LogP contribution < -0.4 is 5.73 Å². The smallest absolute Gasteiger partial charge is 0.175 e. The van der Waals surface area contributed by atoms with Crippen molar-refractivity contribution in [2.45, 2.75) is 14.7 Å². The summed E-state index contributed by atoms with van der Waals surface area (Å²) in [5.41, 5.74) is 6.47. The van der Waals surface area contributed by atoms with E-state index in [0.717, 1.165) is 9.79 Å². The molecule has 0 saturated carbocycles. The van der Waals surface area contributed by atoms with Crippen molar-refractivity contribution in [1.29, 1.82) is 0 Å². The van der Waals surface area contributed by atoms with E-state index in [2.05, 4.69) is 0 Å². The SMILES string of the molecule is CS(=O)(=O)c1ccc(Sc2c(N)cccc2Cl)cc1. The van der Waals surface area contributed by atoms with E-state index in [1.165, 1.54) is 18.0 Å². The van der Waals surface area contributed by atoms with Crippen molar-refractivity contribution >= 4 is 38.9 Å². The zero-order valence-electron chi connectivity index (χ0n) is 10.1. The molecule has 0 aliphatic carbocycles. The highest BCUT2D eigenvalue weighted by Crippen LogP contribution is 2.37. The van der Waals surface area contributed by atoms with Crippen molar-refractivity contribution < 1.29 is 8.42 Å². The fourth-order valence-corrected chi connectivity index (χ4v) is 3.29. The Kier molecular flexibility index (Phi) is 4.08. The van der Waals surface area contributed by atoms with Crippen LogP contribution in [0.5, 0.6) is 0 Å². The van der Waals surface area contributed by atoms with Gasteiger partial charge < -0.3 is 5.73 Å². The van der Waals surface area contributed by atoms with Crippen LogP contribution in [0.2, 0.25) is 5.02 Å². The van der Waals surface area contributed by atoms with E-state index in [-0.39, 0.29) is 0 Å². The lowest BCUT2D eigenvalue weighted by Crippen LogP contribution is -1.96. The number of nitrogen functional groups attached to an aromatic ring is 1. The summed E-state index contributed by atoms with van der Waals surface area (Å²) >= 11 is 7.49. The molecule has 0 amide bonds. The number of benzene rings is 2. The van der Waals surface area contributed by atoms with E-state index in [0.29, 0.717) is 15.6 Å². The third kappa shape index (κ3) is 3.43. The largest absolute Gasteiger partial charge is 0.398 e. The van der Waals surface area contributed by atoms with Gasteiger partial charge in [-0.1, -0.05) is 29.4 Å². The van der Waals surface area contributed by atoms with Crippen LogP contribution >= 0.6 is 23.4 Å². The monoisotopic (exact) mass is 313 g/mol. The van der Waals surface area contributed by atoms with Gasteiger partial charge in [0, 0.05) is 16.8 Å². The molecule has 0 spiro atoms. The molecule has 2 N–H and O–H groups in total. The van der Waals surface area contributed by atoms with Crippen molar-refractivity contribution in [2.24, 2.45) is 0 Å². The second-order valence-corrected chi connectivity index (χ2v) is 7.51. The Bertz CT molecular complexity index is 677. The van der Waals surface area contributed by atoms with Gasteiger partial charge in [-0.2, -0.15) is 0 Å². The van der Waals surface area contributed by atoms with Gasteiger partial charge in [0.05, 0.1) is 14.8 Å². The zero-order chi connectivity index (χ0) is 14.0. The summed E-state index contributed by atoms with van der Waals surface area (Å²) < 4.78 is 22.7. The lowest BCUT2D eigenvalue weighted by Gasteiger charge is -2.07. The molecule has 19 heavy (non-hydrogen) atoms. The molecule has 2 rings (SSSR count). The number of hydrogen-bond donors (Lipinski definition) is 1. The van der Waals surface area contributed by atoms with Gasteiger partial charge in [-0.05, 0) is 36.4 Å². The molecule has 0 bridgehead atoms. The molecule has 0 fully saturated rings. The predicted octanol–water partition coefficient (Wildman–Crippen LogP) is 3.48. The molecular formula is C13H12ClNO2S2. The van der Waals surface area contributed by atoms with Gasteiger partial charge in [-0.25, -0.2) is 8.42 Å². The topological polar surface area (TPSA) is 60.2 Å². The van der Waals surface area contributed by atoms with Gasteiger partial charge in [0.25, 0.3) is 0 Å². The summed E-state index contributed by atoms with van der Waals surface area (Å²) in [7, 11) is -3.17. The van der Waals surface area contributed by atoms with E-state index >= 15 is 0 Å². The van der Waals surface area contributed by atoms with Crippen LogP contribution in [0, 0.1) is 0 Å². The third-order valence-electron chi connectivity index (χ3n) is 2.47. The van der Waals surface area contributed by atoms with Crippen LogP contribution in [0.15, 0.2) is 57.2 Å². The lowest BCUT2D eigenvalue weighted by molar-refractivity contribution is 0.602. The maximum Gasteiger partial charge on any atom is 0.175 e. The normalized spacial score (nSPS) is 11.5. The Morgan fingerprint density at radius 3 is 2.26 bits per heavy atom. The summed E-state index contributed by atoms with van der Waals surface area (Å²) in [5.74, 6) is 0. The second kappa shape index (κ2) is 5.45. The van der Waals surface area contributed by atoms with Crippen molar-refractivity contribution in [3.8, 4) is 0 Å². The molecule has 100 valence electrons. The molecule has 2 aromatic carbocycles. The number of rotatable bonds is 3. The van der Waals surface area contributed by atoms with Gasteiger partial charge in [0.2, 0.25) is 0 Å². The van der Waals surface area contributed by atoms with E-state index in [1.807, 2.05) is 0 Å². The second-order valence-electron chi connectivity index (χ2n) is 4.00. The van der Waals surface area contributed by atoms with Crippen LogP contribution in [0.1, 0.15) is 0 Å². The third-order valence-corrected chi connectivity index (χ3v) is 5.19. The molecule has 0 aliphatic heterocycles. The number of anilines is 1. The van der Waals surface area contributed by atoms with Gasteiger partial charge in [-0.15, -0.1) is 0 Å². The number of hydrogen-bond acceptors (Lipinski definition) is 4. The summed E-state index contributed by atoms with van der Waals surface area (Å²) in [6, 6.07) is 12.0. The highest BCUT2D eigenvalue weighted by Gasteiger charge is 2.09. The van der Waals surface area contributed by atoms with Crippen molar-refractivity contribution in [2.75, 3.05) is 12.0 Å². The minimum atomic E-state index is -3.17. The number of nitrogens with two attached hydrogens (primary N) is 1. The van der Waals surface area contributed by atoms with Crippen LogP contribution in [0.25, 0.3) is 0 Å². The Morgan fingerprint density at radius 2 is 1.74 bits per heavy atom. The average molecular weight is 314 g/mol. The van der Waals surface area contributed by atoms with Crippen molar-refractivity contribution in [1.82, 2.24) is 0 Å². The fraction of sp³-hybridized carbons (Fsp3) is 0.0769. The molecule has 3 nitrogen and oxygen atoms in total. The number of halogens is 1. The van der Waals surface area contributed by atoms with Crippen LogP contribution in [0.3, 0.4) is 0 Å². The minimum absolute atomic E-state index is 0.295. The standard InChI is InChI=1S/C13H12ClNO2S2/c1-19(16,17)10-7-5-9(6-8-10)18-13-11(14)3-2-4-12(13)15/h2-8H,15H2,1H3. The Morgan fingerprint density at radius 1 is 1.11 bits per heavy atom. The molecule has 0 aromatic heterocycles. The summed E-state index contributed by atoms with van der Waals surface area (Å²) in [6.07, 6.45) is 1.18. The van der Waals surface area contributed by atoms with Crippen LogP contribution in [-0.4, -0.2) is 14.7 Å². The van der Waals surface area contributed by atoms with Crippen molar-refractivity contribution in [3.63, 3.8) is 0 Å².